The lowest BCUT2D eigenvalue weighted by Gasteiger charge is -2.17. The largest absolute Gasteiger partial charge is 0.288 e. The molecule has 2 aromatic rings. The minimum Gasteiger partial charge on any atom is -0.288 e. The van der Waals surface area contributed by atoms with Crippen LogP contribution in [0.25, 0.3) is 0 Å². The van der Waals surface area contributed by atoms with Crippen LogP contribution in [0.5, 0.6) is 0 Å². The molecule has 0 unspecified atom stereocenters. The smallest absolute Gasteiger partial charge is 0.0467 e. The maximum atomic E-state index is 4.74. The Morgan fingerprint density at radius 1 is 1.00 bits per heavy atom. The quantitative estimate of drug-likeness (QED) is 0.778. The van der Waals surface area contributed by atoms with Crippen LogP contribution in [0.4, 0.5) is 0 Å². The Bertz CT molecular complexity index is 620. The summed E-state index contributed by atoms with van der Waals surface area (Å²) in [7, 11) is 0. The molecule has 0 atom stereocenters. The average molecular weight is 263 g/mol. The van der Waals surface area contributed by atoms with Gasteiger partial charge in [-0.2, -0.15) is 0 Å². The van der Waals surface area contributed by atoms with Gasteiger partial charge in [-0.15, -0.1) is 0 Å². The number of hydrogen-bond acceptors (Lipinski definition) is 1. The summed E-state index contributed by atoms with van der Waals surface area (Å²) in [5.41, 5.74) is 6.77. The van der Waals surface area contributed by atoms with Crippen LogP contribution in [0.1, 0.15) is 42.0 Å². The highest BCUT2D eigenvalue weighted by atomic mass is 14.7. The lowest BCUT2D eigenvalue weighted by molar-refractivity contribution is 0.865. The van der Waals surface area contributed by atoms with Gasteiger partial charge < -0.3 is 0 Å². The van der Waals surface area contributed by atoms with Crippen LogP contribution in [0.3, 0.4) is 0 Å². The van der Waals surface area contributed by atoms with Gasteiger partial charge in [0.1, 0.15) is 0 Å². The van der Waals surface area contributed by atoms with E-state index in [0.717, 1.165) is 19.4 Å². The molecule has 0 radical (unpaired) electrons. The van der Waals surface area contributed by atoms with Crippen LogP contribution in [-0.4, -0.2) is 12.3 Å². The topological polar surface area (TPSA) is 12.4 Å². The molecule has 0 aliphatic carbocycles. The fourth-order valence-corrected chi connectivity index (χ4v) is 2.78. The number of nitrogens with zero attached hydrogens (tertiary/aromatic N) is 1. The summed E-state index contributed by atoms with van der Waals surface area (Å²) in [6.45, 7) is 5.39. The van der Waals surface area contributed by atoms with Crippen molar-refractivity contribution in [3.05, 3.63) is 70.8 Å². The van der Waals surface area contributed by atoms with E-state index in [1.807, 2.05) is 0 Å². The van der Waals surface area contributed by atoms with Gasteiger partial charge in [-0.25, -0.2) is 0 Å². The lowest BCUT2D eigenvalue weighted by atomic mass is 9.93. The Balaban J connectivity index is 1.83. The molecule has 0 amide bonds. The van der Waals surface area contributed by atoms with Crippen molar-refractivity contribution in [3.8, 4) is 0 Å². The second-order valence-electron chi connectivity index (χ2n) is 5.81. The third-order valence-corrected chi connectivity index (χ3v) is 4.03. The first-order chi connectivity index (χ1) is 9.74. The van der Waals surface area contributed by atoms with E-state index in [1.165, 1.54) is 28.0 Å². The highest BCUT2D eigenvalue weighted by molar-refractivity contribution is 6.03. The zero-order valence-electron chi connectivity index (χ0n) is 12.3. The van der Waals surface area contributed by atoms with E-state index in [2.05, 4.69) is 62.4 Å². The third-order valence-electron chi connectivity index (χ3n) is 4.03. The summed E-state index contributed by atoms with van der Waals surface area (Å²) in [6, 6.07) is 17.6. The van der Waals surface area contributed by atoms with Crippen molar-refractivity contribution in [2.45, 2.75) is 32.6 Å². The average Bonchev–Trinajstić information content (AvgIpc) is 2.48. The minimum atomic E-state index is 0.594. The monoisotopic (exact) mass is 263 g/mol. The molecule has 1 heteroatoms. The van der Waals surface area contributed by atoms with E-state index >= 15 is 0 Å². The second kappa shape index (κ2) is 5.62. The van der Waals surface area contributed by atoms with Crippen LogP contribution in [0.2, 0.25) is 0 Å². The maximum absolute atomic E-state index is 4.74. The molecule has 0 aromatic heterocycles. The van der Waals surface area contributed by atoms with Crippen molar-refractivity contribution in [3.63, 3.8) is 0 Å². The summed E-state index contributed by atoms with van der Waals surface area (Å²) in [6.07, 6.45) is 2.02. The first kappa shape index (κ1) is 13.1. The SMILES string of the molecule is CC(C)c1ccc(CC2=NCCc3ccccc32)cc1. The zero-order chi connectivity index (χ0) is 13.9. The van der Waals surface area contributed by atoms with Gasteiger partial charge >= 0.3 is 0 Å². The van der Waals surface area contributed by atoms with Crippen LogP contribution in [-0.2, 0) is 12.8 Å². The van der Waals surface area contributed by atoms with Crippen molar-refractivity contribution in [1.82, 2.24) is 0 Å². The summed E-state index contributed by atoms with van der Waals surface area (Å²) < 4.78 is 0. The molecule has 0 saturated carbocycles. The summed E-state index contributed by atoms with van der Waals surface area (Å²) >= 11 is 0. The van der Waals surface area contributed by atoms with Crippen molar-refractivity contribution in [2.75, 3.05) is 6.54 Å². The fourth-order valence-electron chi connectivity index (χ4n) is 2.78. The van der Waals surface area contributed by atoms with E-state index in [4.69, 9.17) is 4.99 Å². The highest BCUT2D eigenvalue weighted by Gasteiger charge is 2.13. The van der Waals surface area contributed by atoms with Crippen LogP contribution < -0.4 is 0 Å². The van der Waals surface area contributed by atoms with Crippen LogP contribution in [0.15, 0.2) is 53.5 Å². The first-order valence-corrected chi connectivity index (χ1v) is 7.44. The van der Waals surface area contributed by atoms with Crippen molar-refractivity contribution < 1.29 is 0 Å². The molecule has 0 N–H and O–H groups in total. The predicted molar refractivity (Wildman–Crippen MR) is 85.8 cm³/mol. The van der Waals surface area contributed by atoms with Gasteiger partial charge in [-0.3, -0.25) is 4.99 Å². The molecule has 3 rings (SSSR count). The summed E-state index contributed by atoms with van der Waals surface area (Å²) in [5, 5.41) is 0. The molecule has 0 saturated heterocycles. The van der Waals surface area contributed by atoms with E-state index in [0.29, 0.717) is 5.92 Å². The van der Waals surface area contributed by atoms with Crippen LogP contribution >= 0.6 is 0 Å². The molecule has 1 aliphatic rings. The van der Waals surface area contributed by atoms with Gasteiger partial charge in [-0.05, 0) is 34.6 Å². The lowest BCUT2D eigenvalue weighted by Crippen LogP contribution is -2.15. The normalized spacial score (nSPS) is 14.1. The van der Waals surface area contributed by atoms with Gasteiger partial charge in [0.2, 0.25) is 0 Å². The van der Waals surface area contributed by atoms with Gasteiger partial charge in [-0.1, -0.05) is 62.4 Å². The van der Waals surface area contributed by atoms with E-state index in [-0.39, 0.29) is 0 Å². The van der Waals surface area contributed by atoms with E-state index in [1.54, 1.807) is 0 Å². The Kier molecular flexibility index (Phi) is 3.68. The highest BCUT2D eigenvalue weighted by Crippen LogP contribution is 2.20. The van der Waals surface area contributed by atoms with Crippen molar-refractivity contribution >= 4 is 5.71 Å². The standard InChI is InChI=1S/C19H21N/c1-14(2)16-9-7-15(8-10-16)13-19-18-6-4-3-5-17(18)11-12-20-19/h3-10,14H,11-13H2,1-2H3. The summed E-state index contributed by atoms with van der Waals surface area (Å²) in [5.74, 6) is 0.594. The molecule has 0 spiro atoms. The molecule has 0 fully saturated rings. The molecular weight excluding hydrogens is 242 g/mol. The molecule has 2 aromatic carbocycles. The Morgan fingerprint density at radius 3 is 2.50 bits per heavy atom. The molecule has 1 aliphatic heterocycles. The van der Waals surface area contributed by atoms with E-state index < -0.39 is 0 Å². The molecular formula is C19H21N. The molecule has 102 valence electrons. The van der Waals surface area contributed by atoms with Gasteiger partial charge in [0.05, 0.1) is 0 Å². The van der Waals surface area contributed by atoms with Crippen molar-refractivity contribution in [1.29, 1.82) is 0 Å². The maximum Gasteiger partial charge on any atom is 0.0467 e. The zero-order valence-corrected chi connectivity index (χ0v) is 12.3. The van der Waals surface area contributed by atoms with Crippen LogP contribution in [0, 0.1) is 0 Å². The number of hydrogen-bond donors (Lipinski definition) is 0. The predicted octanol–water partition coefficient (Wildman–Crippen LogP) is 4.40. The van der Waals surface area contributed by atoms with E-state index in [9.17, 15) is 0 Å². The second-order valence-corrected chi connectivity index (χ2v) is 5.81. The molecule has 20 heavy (non-hydrogen) atoms. The number of benzene rings is 2. The van der Waals surface area contributed by atoms with Gasteiger partial charge in [0, 0.05) is 18.7 Å². The molecule has 1 nitrogen and oxygen atoms in total. The Hall–Kier alpha value is -1.89. The molecule has 0 bridgehead atoms. The Labute approximate surface area is 121 Å². The Morgan fingerprint density at radius 2 is 1.75 bits per heavy atom. The fraction of sp³-hybridized carbons (Fsp3) is 0.316. The number of fused-ring (bicyclic) bond motifs is 1. The van der Waals surface area contributed by atoms with Crippen molar-refractivity contribution in [2.24, 2.45) is 4.99 Å². The number of rotatable bonds is 3. The number of aliphatic imine (C=N–C) groups is 1. The summed E-state index contributed by atoms with van der Waals surface area (Å²) in [4.78, 5) is 4.74. The minimum absolute atomic E-state index is 0.594. The molecule has 1 heterocycles. The van der Waals surface area contributed by atoms with Gasteiger partial charge in [0.15, 0.2) is 0 Å². The first-order valence-electron chi connectivity index (χ1n) is 7.44. The van der Waals surface area contributed by atoms with Gasteiger partial charge in [0.25, 0.3) is 0 Å². The third kappa shape index (κ3) is 2.67.